The molecular weight excluding hydrogens is 284 g/mol. The Bertz CT molecular complexity index is 596. The van der Waals surface area contributed by atoms with Gasteiger partial charge in [-0.1, -0.05) is 26.0 Å². The summed E-state index contributed by atoms with van der Waals surface area (Å²) >= 11 is 0. The van der Waals surface area contributed by atoms with Crippen molar-refractivity contribution in [3.8, 4) is 0 Å². The molecule has 1 aromatic rings. The largest absolute Gasteiger partial charge is 0.313 e. The standard InChI is InChI=1S/C16H26N2O2S/c1-12(2)8-10-21(19,20)18-9-7-15-11-14(13(3)17-4)5-6-16(15)18/h5-6,11-13,17H,7-10H2,1-4H3. The van der Waals surface area contributed by atoms with Crippen LogP contribution in [0.5, 0.6) is 0 Å². The van der Waals surface area contributed by atoms with Crippen LogP contribution in [-0.4, -0.2) is 27.8 Å². The highest BCUT2D eigenvalue weighted by molar-refractivity contribution is 7.92. The van der Waals surface area contributed by atoms with Crippen molar-refractivity contribution in [1.82, 2.24) is 5.32 Å². The van der Waals surface area contributed by atoms with Gasteiger partial charge in [-0.15, -0.1) is 0 Å². The molecule has 1 atom stereocenters. The molecule has 0 amide bonds. The summed E-state index contributed by atoms with van der Waals surface area (Å²) in [6, 6.07) is 6.39. The van der Waals surface area contributed by atoms with E-state index in [9.17, 15) is 8.42 Å². The number of sulfonamides is 1. The van der Waals surface area contributed by atoms with E-state index in [2.05, 4.69) is 32.2 Å². The van der Waals surface area contributed by atoms with Crippen LogP contribution in [0.4, 0.5) is 5.69 Å². The lowest BCUT2D eigenvalue weighted by Crippen LogP contribution is -2.31. The second kappa shape index (κ2) is 6.36. The minimum absolute atomic E-state index is 0.235. The van der Waals surface area contributed by atoms with Crippen LogP contribution >= 0.6 is 0 Å². The Morgan fingerprint density at radius 3 is 2.62 bits per heavy atom. The van der Waals surface area contributed by atoms with Crippen molar-refractivity contribution >= 4 is 15.7 Å². The van der Waals surface area contributed by atoms with Crippen LogP contribution in [0.3, 0.4) is 0 Å². The lowest BCUT2D eigenvalue weighted by Gasteiger charge is -2.20. The Hall–Kier alpha value is -1.07. The zero-order valence-electron chi connectivity index (χ0n) is 13.4. The zero-order chi connectivity index (χ0) is 15.6. The van der Waals surface area contributed by atoms with Crippen LogP contribution in [0.2, 0.25) is 0 Å². The first-order chi connectivity index (χ1) is 9.85. The molecule has 0 bridgehead atoms. The molecule has 1 aromatic carbocycles. The van der Waals surface area contributed by atoms with E-state index >= 15 is 0 Å². The average molecular weight is 310 g/mol. The van der Waals surface area contributed by atoms with Crippen LogP contribution < -0.4 is 9.62 Å². The molecule has 1 heterocycles. The smallest absolute Gasteiger partial charge is 0.235 e. The van der Waals surface area contributed by atoms with Crippen LogP contribution in [0.25, 0.3) is 0 Å². The van der Waals surface area contributed by atoms with Crippen molar-refractivity contribution in [2.24, 2.45) is 5.92 Å². The summed E-state index contributed by atoms with van der Waals surface area (Å²) in [5, 5.41) is 3.21. The van der Waals surface area contributed by atoms with Gasteiger partial charge in [-0.3, -0.25) is 4.31 Å². The highest BCUT2D eigenvalue weighted by atomic mass is 32.2. The van der Waals surface area contributed by atoms with Gasteiger partial charge in [0.2, 0.25) is 10.0 Å². The van der Waals surface area contributed by atoms with Gasteiger partial charge in [0, 0.05) is 12.6 Å². The summed E-state index contributed by atoms with van der Waals surface area (Å²) in [4.78, 5) is 0. The lowest BCUT2D eigenvalue weighted by atomic mass is 10.0. The van der Waals surface area contributed by atoms with E-state index in [1.807, 2.05) is 19.2 Å². The van der Waals surface area contributed by atoms with Crippen molar-refractivity contribution in [2.75, 3.05) is 23.7 Å². The minimum atomic E-state index is -3.19. The number of nitrogens with one attached hydrogen (secondary N) is 1. The Balaban J connectivity index is 2.22. The Morgan fingerprint density at radius 2 is 2.00 bits per heavy atom. The number of hydrogen-bond acceptors (Lipinski definition) is 3. The number of anilines is 1. The van der Waals surface area contributed by atoms with Gasteiger partial charge < -0.3 is 5.32 Å². The first kappa shape index (κ1) is 16.3. The molecule has 4 nitrogen and oxygen atoms in total. The van der Waals surface area contributed by atoms with Crippen molar-refractivity contribution in [2.45, 2.75) is 39.7 Å². The summed E-state index contributed by atoms with van der Waals surface area (Å²) in [5.74, 6) is 0.638. The van der Waals surface area contributed by atoms with E-state index in [4.69, 9.17) is 0 Å². The molecular formula is C16H26N2O2S. The van der Waals surface area contributed by atoms with E-state index in [0.717, 1.165) is 17.7 Å². The molecule has 21 heavy (non-hydrogen) atoms. The summed E-state index contributed by atoms with van der Waals surface area (Å²) in [7, 11) is -1.26. The van der Waals surface area contributed by atoms with Gasteiger partial charge in [0.05, 0.1) is 11.4 Å². The number of benzene rings is 1. The van der Waals surface area contributed by atoms with Gasteiger partial charge in [0.15, 0.2) is 0 Å². The molecule has 0 fully saturated rings. The SMILES string of the molecule is CNC(C)c1ccc2c(c1)CCN2S(=O)(=O)CCC(C)C. The van der Waals surface area contributed by atoms with Crippen molar-refractivity contribution in [3.63, 3.8) is 0 Å². The average Bonchev–Trinajstić information content (AvgIpc) is 2.88. The van der Waals surface area contributed by atoms with E-state index in [0.29, 0.717) is 18.9 Å². The first-order valence-electron chi connectivity index (χ1n) is 7.65. The molecule has 0 aliphatic carbocycles. The van der Waals surface area contributed by atoms with Crippen molar-refractivity contribution < 1.29 is 8.42 Å². The zero-order valence-corrected chi connectivity index (χ0v) is 14.2. The van der Waals surface area contributed by atoms with Gasteiger partial charge in [0.25, 0.3) is 0 Å². The van der Waals surface area contributed by atoms with Gasteiger partial charge in [-0.05, 0) is 49.9 Å². The van der Waals surface area contributed by atoms with Crippen LogP contribution in [0.15, 0.2) is 18.2 Å². The predicted molar refractivity (Wildman–Crippen MR) is 88.2 cm³/mol. The predicted octanol–water partition coefficient (Wildman–Crippen LogP) is 2.71. The summed E-state index contributed by atoms with van der Waals surface area (Å²) in [6.45, 7) is 6.79. The minimum Gasteiger partial charge on any atom is -0.313 e. The molecule has 1 unspecified atom stereocenters. The van der Waals surface area contributed by atoms with Crippen molar-refractivity contribution in [1.29, 1.82) is 0 Å². The quantitative estimate of drug-likeness (QED) is 0.879. The maximum atomic E-state index is 12.5. The summed E-state index contributed by atoms with van der Waals surface area (Å²) in [5.41, 5.74) is 3.21. The van der Waals surface area contributed by atoms with Crippen LogP contribution in [0.1, 0.15) is 44.4 Å². The monoisotopic (exact) mass is 310 g/mol. The van der Waals surface area contributed by atoms with Crippen LogP contribution in [0, 0.1) is 5.92 Å². The van der Waals surface area contributed by atoms with Crippen LogP contribution in [-0.2, 0) is 16.4 Å². The van der Waals surface area contributed by atoms with Gasteiger partial charge in [0.1, 0.15) is 0 Å². The Labute approximate surface area is 128 Å². The highest BCUT2D eigenvalue weighted by Gasteiger charge is 2.29. The maximum absolute atomic E-state index is 12.5. The number of nitrogens with zero attached hydrogens (tertiary/aromatic N) is 1. The number of fused-ring (bicyclic) bond motifs is 1. The third-order valence-corrected chi connectivity index (χ3v) is 5.98. The fourth-order valence-electron chi connectivity index (χ4n) is 2.61. The molecule has 118 valence electrons. The molecule has 2 rings (SSSR count). The topological polar surface area (TPSA) is 49.4 Å². The highest BCUT2D eigenvalue weighted by Crippen LogP contribution is 2.32. The second-order valence-corrected chi connectivity index (χ2v) is 8.23. The van der Waals surface area contributed by atoms with E-state index < -0.39 is 10.0 Å². The Kier molecular flexibility index (Phi) is 4.94. The fourth-order valence-corrected chi connectivity index (χ4v) is 4.45. The third-order valence-electron chi connectivity index (χ3n) is 4.18. The number of hydrogen-bond donors (Lipinski definition) is 1. The second-order valence-electron chi connectivity index (χ2n) is 6.22. The first-order valence-corrected chi connectivity index (χ1v) is 9.26. The van der Waals surface area contributed by atoms with E-state index in [-0.39, 0.29) is 11.8 Å². The molecule has 1 aliphatic heterocycles. The lowest BCUT2D eigenvalue weighted by molar-refractivity contribution is 0.570. The van der Waals surface area contributed by atoms with Crippen molar-refractivity contribution in [3.05, 3.63) is 29.3 Å². The molecule has 0 saturated carbocycles. The fraction of sp³-hybridized carbons (Fsp3) is 0.625. The van der Waals surface area contributed by atoms with Gasteiger partial charge in [-0.25, -0.2) is 8.42 Å². The summed E-state index contributed by atoms with van der Waals surface area (Å²) < 4.78 is 26.6. The molecule has 0 spiro atoms. The maximum Gasteiger partial charge on any atom is 0.235 e. The summed E-state index contributed by atoms with van der Waals surface area (Å²) in [6.07, 6.45) is 1.52. The molecule has 0 aromatic heterocycles. The molecule has 5 heteroatoms. The molecule has 1 N–H and O–H groups in total. The van der Waals surface area contributed by atoms with E-state index in [1.54, 1.807) is 4.31 Å². The van der Waals surface area contributed by atoms with E-state index in [1.165, 1.54) is 5.56 Å². The molecule has 0 saturated heterocycles. The molecule has 1 aliphatic rings. The number of rotatable bonds is 6. The van der Waals surface area contributed by atoms with Gasteiger partial charge in [-0.2, -0.15) is 0 Å². The van der Waals surface area contributed by atoms with Gasteiger partial charge >= 0.3 is 0 Å². The normalized spacial score (nSPS) is 16.3. The molecule has 0 radical (unpaired) electrons. The third kappa shape index (κ3) is 3.58. The Morgan fingerprint density at radius 1 is 1.29 bits per heavy atom.